The SMILES string of the molecule is COc1cc(NC(C(=O)N2CCc3ccc(C(F)(F)F)cc32)c2ccc(Cl)cc2OCCO)cc(S(C)(=O)=O)c1. The van der Waals surface area contributed by atoms with Crippen molar-refractivity contribution in [2.24, 2.45) is 0 Å². The minimum Gasteiger partial charge on any atom is -0.497 e. The van der Waals surface area contributed by atoms with E-state index in [-0.39, 0.29) is 58.1 Å². The maximum absolute atomic E-state index is 14.1. The summed E-state index contributed by atoms with van der Waals surface area (Å²) in [5, 5.41) is 12.6. The molecule has 3 aromatic rings. The smallest absolute Gasteiger partial charge is 0.416 e. The van der Waals surface area contributed by atoms with Crippen LogP contribution in [0.2, 0.25) is 5.02 Å². The number of hydrogen-bond acceptors (Lipinski definition) is 7. The maximum atomic E-state index is 14.1. The molecule has 1 atom stereocenters. The van der Waals surface area contributed by atoms with E-state index in [0.717, 1.165) is 18.4 Å². The first-order valence-electron chi connectivity index (χ1n) is 12.0. The third-order valence-corrected chi connectivity index (χ3v) is 7.64. The van der Waals surface area contributed by atoms with Crippen molar-refractivity contribution in [2.75, 3.05) is 43.3 Å². The number of fused-ring (bicyclic) bond motifs is 1. The monoisotopic (exact) mass is 598 g/mol. The lowest BCUT2D eigenvalue weighted by Gasteiger charge is -2.28. The van der Waals surface area contributed by atoms with E-state index in [2.05, 4.69) is 5.32 Å². The molecule has 3 aromatic carbocycles. The number of carbonyl (C=O) groups is 1. The summed E-state index contributed by atoms with van der Waals surface area (Å²) in [5.74, 6) is -0.258. The zero-order chi connectivity index (χ0) is 29.2. The molecule has 0 aliphatic carbocycles. The molecule has 214 valence electrons. The van der Waals surface area contributed by atoms with Crippen LogP contribution in [0.25, 0.3) is 0 Å². The van der Waals surface area contributed by atoms with Gasteiger partial charge in [0.05, 0.1) is 24.2 Å². The molecule has 0 fully saturated rings. The molecular weight excluding hydrogens is 573 g/mol. The average molecular weight is 599 g/mol. The molecule has 1 heterocycles. The fourth-order valence-corrected chi connectivity index (χ4v) is 5.23. The van der Waals surface area contributed by atoms with Gasteiger partial charge in [-0.3, -0.25) is 4.79 Å². The molecule has 0 bridgehead atoms. The second-order valence-corrected chi connectivity index (χ2v) is 11.5. The van der Waals surface area contributed by atoms with Gasteiger partial charge in [0.2, 0.25) is 0 Å². The minimum atomic E-state index is -4.60. The van der Waals surface area contributed by atoms with Crippen LogP contribution in [0.1, 0.15) is 22.7 Å². The highest BCUT2D eigenvalue weighted by Gasteiger charge is 2.37. The normalized spacial score (nSPS) is 14.0. The standard InChI is InChI=1S/C27H26ClF3N2O6S/c1-38-20-13-19(14-21(15-20)40(2,36)37)32-25(22-6-5-18(28)12-24(22)39-10-9-34)26(35)33-8-7-16-3-4-17(11-23(16)33)27(29,30)31/h3-6,11-15,25,32,34H,7-10H2,1-2H3. The Balaban J connectivity index is 1.83. The molecule has 0 radical (unpaired) electrons. The number of anilines is 2. The summed E-state index contributed by atoms with van der Waals surface area (Å²) in [6.45, 7) is -0.320. The van der Waals surface area contributed by atoms with Crippen LogP contribution in [0.5, 0.6) is 11.5 Å². The summed E-state index contributed by atoms with van der Waals surface area (Å²) in [6.07, 6.45) is -3.24. The zero-order valence-corrected chi connectivity index (χ0v) is 23.0. The van der Waals surface area contributed by atoms with Crippen LogP contribution in [-0.4, -0.2) is 52.6 Å². The highest BCUT2D eigenvalue weighted by Crippen LogP contribution is 2.39. The predicted octanol–water partition coefficient (Wildman–Crippen LogP) is 4.88. The quantitative estimate of drug-likeness (QED) is 0.362. The van der Waals surface area contributed by atoms with Crippen LogP contribution in [0.4, 0.5) is 24.5 Å². The summed E-state index contributed by atoms with van der Waals surface area (Å²) in [5.41, 5.74) is 0.283. The van der Waals surface area contributed by atoms with Gasteiger partial charge in [-0.1, -0.05) is 23.7 Å². The van der Waals surface area contributed by atoms with Crippen LogP contribution in [0.15, 0.2) is 59.5 Å². The first kappa shape index (κ1) is 29.5. The van der Waals surface area contributed by atoms with Crippen LogP contribution in [0, 0.1) is 0 Å². The molecule has 0 saturated heterocycles. The van der Waals surface area contributed by atoms with Crippen LogP contribution < -0.4 is 19.7 Å². The van der Waals surface area contributed by atoms with E-state index in [1.165, 1.54) is 54.5 Å². The van der Waals surface area contributed by atoms with Gasteiger partial charge in [0.15, 0.2) is 9.84 Å². The first-order chi connectivity index (χ1) is 18.8. The molecule has 1 amide bonds. The minimum absolute atomic E-state index is 0.0743. The molecule has 0 spiro atoms. The van der Waals surface area contributed by atoms with E-state index >= 15 is 0 Å². The topological polar surface area (TPSA) is 105 Å². The highest BCUT2D eigenvalue weighted by molar-refractivity contribution is 7.90. The van der Waals surface area contributed by atoms with E-state index in [1.54, 1.807) is 0 Å². The van der Waals surface area contributed by atoms with Crippen LogP contribution >= 0.6 is 11.6 Å². The molecule has 1 aliphatic heterocycles. The van der Waals surface area contributed by atoms with Crippen molar-refractivity contribution in [1.82, 2.24) is 0 Å². The number of alkyl halides is 3. The predicted molar refractivity (Wildman–Crippen MR) is 144 cm³/mol. The van der Waals surface area contributed by atoms with Gasteiger partial charge in [-0.15, -0.1) is 0 Å². The van der Waals surface area contributed by atoms with Crippen molar-refractivity contribution < 1.29 is 41.0 Å². The van der Waals surface area contributed by atoms with Gasteiger partial charge in [0.25, 0.3) is 5.91 Å². The molecule has 40 heavy (non-hydrogen) atoms. The Labute approximate surface area is 234 Å². The lowest BCUT2D eigenvalue weighted by atomic mass is 10.0. The lowest BCUT2D eigenvalue weighted by Crippen LogP contribution is -2.37. The number of nitrogens with one attached hydrogen (secondary N) is 1. The summed E-state index contributed by atoms with van der Waals surface area (Å²) in [6, 6.07) is 10.6. The van der Waals surface area contributed by atoms with Gasteiger partial charge >= 0.3 is 6.18 Å². The Hall–Kier alpha value is -3.48. The average Bonchev–Trinajstić information content (AvgIpc) is 3.33. The molecule has 0 saturated carbocycles. The molecular formula is C27H26ClF3N2O6S. The van der Waals surface area contributed by atoms with Crippen molar-refractivity contribution in [3.63, 3.8) is 0 Å². The van der Waals surface area contributed by atoms with Gasteiger partial charge in [-0.2, -0.15) is 13.2 Å². The van der Waals surface area contributed by atoms with E-state index in [4.69, 9.17) is 21.1 Å². The number of hydrogen-bond donors (Lipinski definition) is 2. The first-order valence-corrected chi connectivity index (χ1v) is 14.3. The Morgan fingerprint density at radius 2 is 1.90 bits per heavy atom. The number of benzene rings is 3. The van der Waals surface area contributed by atoms with E-state index in [9.17, 15) is 31.5 Å². The summed E-state index contributed by atoms with van der Waals surface area (Å²) >= 11 is 6.16. The van der Waals surface area contributed by atoms with Crippen molar-refractivity contribution >= 4 is 38.7 Å². The van der Waals surface area contributed by atoms with Crippen molar-refractivity contribution in [2.45, 2.75) is 23.5 Å². The van der Waals surface area contributed by atoms with Gasteiger partial charge in [0, 0.05) is 40.8 Å². The van der Waals surface area contributed by atoms with E-state index in [1.807, 2.05) is 0 Å². The third kappa shape index (κ3) is 6.45. The fraction of sp³-hybridized carbons (Fsp3) is 0.296. The second-order valence-electron chi connectivity index (χ2n) is 9.08. The molecule has 2 N–H and O–H groups in total. The maximum Gasteiger partial charge on any atom is 0.416 e. The summed E-state index contributed by atoms with van der Waals surface area (Å²) in [7, 11) is -2.32. The van der Waals surface area contributed by atoms with Gasteiger partial charge < -0.3 is 24.8 Å². The van der Waals surface area contributed by atoms with Gasteiger partial charge in [0.1, 0.15) is 24.1 Å². The number of aliphatic hydroxyl groups is 1. The number of rotatable bonds is 9. The van der Waals surface area contributed by atoms with Gasteiger partial charge in [-0.25, -0.2) is 8.42 Å². The Morgan fingerprint density at radius 1 is 1.15 bits per heavy atom. The van der Waals surface area contributed by atoms with Crippen molar-refractivity contribution in [3.05, 3.63) is 76.3 Å². The number of nitrogens with zero attached hydrogens (tertiary/aromatic N) is 1. The van der Waals surface area contributed by atoms with Crippen molar-refractivity contribution in [3.8, 4) is 11.5 Å². The number of methoxy groups -OCH3 is 1. The molecule has 4 rings (SSSR count). The van der Waals surface area contributed by atoms with E-state index in [0.29, 0.717) is 12.0 Å². The largest absolute Gasteiger partial charge is 0.497 e. The number of halogens is 4. The molecule has 0 aromatic heterocycles. The Morgan fingerprint density at radius 3 is 2.55 bits per heavy atom. The fourth-order valence-electron chi connectivity index (χ4n) is 4.39. The van der Waals surface area contributed by atoms with Crippen LogP contribution in [0.3, 0.4) is 0 Å². The molecule has 1 unspecified atom stereocenters. The number of aliphatic hydroxyl groups excluding tert-OH is 1. The summed E-state index contributed by atoms with van der Waals surface area (Å²) in [4.78, 5) is 15.3. The zero-order valence-electron chi connectivity index (χ0n) is 21.5. The molecule has 1 aliphatic rings. The summed E-state index contributed by atoms with van der Waals surface area (Å²) < 4.78 is 75.9. The Bertz CT molecular complexity index is 1530. The number of sulfone groups is 1. The van der Waals surface area contributed by atoms with E-state index < -0.39 is 33.5 Å². The number of ether oxygens (including phenoxy) is 2. The van der Waals surface area contributed by atoms with Crippen molar-refractivity contribution in [1.29, 1.82) is 0 Å². The lowest BCUT2D eigenvalue weighted by molar-refractivity contribution is -0.137. The Kier molecular flexibility index (Phi) is 8.52. The van der Waals surface area contributed by atoms with Crippen LogP contribution in [-0.2, 0) is 27.2 Å². The number of carbonyl (C=O) groups excluding carboxylic acids is 1. The third-order valence-electron chi connectivity index (χ3n) is 6.31. The molecule has 13 heteroatoms. The highest BCUT2D eigenvalue weighted by atomic mass is 35.5. The number of amides is 1. The second kappa shape index (κ2) is 11.6. The molecule has 8 nitrogen and oxygen atoms in total. The van der Waals surface area contributed by atoms with Gasteiger partial charge in [-0.05, 0) is 48.4 Å².